The van der Waals surface area contributed by atoms with E-state index in [1.807, 2.05) is 13.8 Å². The number of anilines is 1. The van der Waals surface area contributed by atoms with E-state index in [1.54, 1.807) is 0 Å². The van der Waals surface area contributed by atoms with Crippen molar-refractivity contribution in [2.45, 2.75) is 37.7 Å². The predicted octanol–water partition coefficient (Wildman–Crippen LogP) is 1.93. The first-order chi connectivity index (χ1) is 12.3. The number of rotatable bonds is 13. The second-order valence-corrected chi connectivity index (χ2v) is 7.72. The van der Waals surface area contributed by atoms with Crippen LogP contribution in [0, 0.1) is 0 Å². The third-order valence-corrected chi connectivity index (χ3v) is 4.90. The van der Waals surface area contributed by atoms with Gasteiger partial charge in [-0.3, -0.25) is 0 Å². The minimum absolute atomic E-state index is 0.0824. The summed E-state index contributed by atoms with van der Waals surface area (Å²) in [5, 5.41) is 12.4. The Kier molecular flexibility index (Phi) is 9.57. The van der Waals surface area contributed by atoms with Crippen LogP contribution in [0.5, 0.6) is 0 Å². The zero-order valence-corrected chi connectivity index (χ0v) is 16.3. The lowest BCUT2D eigenvalue weighted by Gasteiger charge is -2.13. The highest BCUT2D eigenvalue weighted by Crippen LogP contribution is 2.21. The molecular weight excluding hydrogens is 360 g/mol. The molecule has 0 fully saturated rings. The third kappa shape index (κ3) is 7.69. The van der Waals surface area contributed by atoms with Crippen LogP contribution >= 0.6 is 0 Å². The van der Waals surface area contributed by atoms with Gasteiger partial charge in [0.15, 0.2) is 0 Å². The fourth-order valence-electron chi connectivity index (χ4n) is 2.14. The number of carboxylic acid groups (broad SMARTS) is 1. The number of methoxy groups -OCH3 is 1. The molecule has 8 nitrogen and oxygen atoms in total. The summed E-state index contributed by atoms with van der Waals surface area (Å²) in [5.74, 6) is -1.19. The van der Waals surface area contributed by atoms with Crippen molar-refractivity contribution >= 4 is 21.7 Å². The molecule has 1 rings (SSSR count). The molecule has 0 atom stereocenters. The smallest absolute Gasteiger partial charge is 0.337 e. The van der Waals surface area contributed by atoms with Gasteiger partial charge < -0.3 is 19.9 Å². The van der Waals surface area contributed by atoms with Gasteiger partial charge in [-0.25, -0.2) is 17.9 Å². The molecule has 0 aliphatic heterocycles. The van der Waals surface area contributed by atoms with Crippen molar-refractivity contribution in [1.82, 2.24) is 4.72 Å². The maximum absolute atomic E-state index is 12.3. The molecule has 3 N–H and O–H groups in total. The molecule has 1 aromatic carbocycles. The Bertz CT molecular complexity index is 676. The predicted molar refractivity (Wildman–Crippen MR) is 99.3 cm³/mol. The molecule has 0 bridgehead atoms. The number of hydrogen-bond acceptors (Lipinski definition) is 6. The molecule has 0 spiro atoms. The van der Waals surface area contributed by atoms with E-state index in [9.17, 15) is 18.3 Å². The minimum Gasteiger partial charge on any atom is -0.478 e. The molecule has 0 aliphatic carbocycles. The maximum atomic E-state index is 12.3. The molecule has 0 heterocycles. The summed E-state index contributed by atoms with van der Waals surface area (Å²) in [6.45, 7) is 5.62. The van der Waals surface area contributed by atoms with E-state index in [1.165, 1.54) is 19.2 Å². The summed E-state index contributed by atoms with van der Waals surface area (Å²) in [5.41, 5.74) is 0.287. The Morgan fingerprint density at radius 1 is 1.19 bits per heavy atom. The fourth-order valence-corrected chi connectivity index (χ4v) is 3.24. The van der Waals surface area contributed by atoms with Crippen molar-refractivity contribution < 1.29 is 27.8 Å². The fraction of sp³-hybridized carbons (Fsp3) is 0.588. The van der Waals surface area contributed by atoms with E-state index < -0.39 is 16.0 Å². The summed E-state index contributed by atoms with van der Waals surface area (Å²) in [4.78, 5) is 11.4. The molecule has 0 saturated carbocycles. The number of carbonyl (C=O) groups is 1. The van der Waals surface area contributed by atoms with Crippen LogP contribution in [0.15, 0.2) is 23.1 Å². The van der Waals surface area contributed by atoms with Gasteiger partial charge in [-0.05, 0) is 44.9 Å². The van der Waals surface area contributed by atoms with Crippen molar-refractivity contribution in [3.8, 4) is 0 Å². The van der Waals surface area contributed by atoms with Crippen LogP contribution in [0.2, 0.25) is 0 Å². The highest BCUT2D eigenvalue weighted by atomic mass is 32.2. The topological polar surface area (TPSA) is 114 Å². The van der Waals surface area contributed by atoms with Crippen LogP contribution < -0.4 is 10.0 Å². The van der Waals surface area contributed by atoms with Crippen LogP contribution in [-0.2, 0) is 19.5 Å². The number of carboxylic acids is 1. The number of benzene rings is 1. The maximum Gasteiger partial charge on any atom is 0.337 e. The lowest BCUT2D eigenvalue weighted by atomic mass is 10.2. The van der Waals surface area contributed by atoms with E-state index in [-0.39, 0.29) is 23.1 Å². The van der Waals surface area contributed by atoms with Gasteiger partial charge in [-0.2, -0.15) is 0 Å². The first-order valence-corrected chi connectivity index (χ1v) is 9.97. The molecule has 0 aromatic heterocycles. The van der Waals surface area contributed by atoms with Crippen LogP contribution in [-0.4, -0.2) is 59.0 Å². The Balaban J connectivity index is 2.76. The lowest BCUT2D eigenvalue weighted by Crippen LogP contribution is -2.26. The van der Waals surface area contributed by atoms with Crippen molar-refractivity contribution in [1.29, 1.82) is 0 Å². The molecule has 0 saturated heterocycles. The average Bonchev–Trinajstić information content (AvgIpc) is 2.58. The Labute approximate surface area is 154 Å². The van der Waals surface area contributed by atoms with Crippen LogP contribution in [0.4, 0.5) is 5.69 Å². The zero-order chi connectivity index (χ0) is 19.6. The average molecular weight is 388 g/mol. The number of nitrogens with one attached hydrogen (secondary N) is 2. The van der Waals surface area contributed by atoms with Crippen molar-refractivity contribution in [3.63, 3.8) is 0 Å². The van der Waals surface area contributed by atoms with Gasteiger partial charge in [0.2, 0.25) is 10.0 Å². The first kappa shape index (κ1) is 22.4. The monoisotopic (exact) mass is 388 g/mol. The van der Waals surface area contributed by atoms with E-state index in [2.05, 4.69) is 10.0 Å². The largest absolute Gasteiger partial charge is 0.478 e. The van der Waals surface area contributed by atoms with Gasteiger partial charge in [-0.15, -0.1) is 0 Å². The molecule has 9 heteroatoms. The normalized spacial score (nSPS) is 11.7. The molecule has 0 radical (unpaired) electrons. The van der Waals surface area contributed by atoms with Gasteiger partial charge in [-0.1, -0.05) is 0 Å². The van der Waals surface area contributed by atoms with Crippen molar-refractivity contribution in [3.05, 3.63) is 23.8 Å². The van der Waals surface area contributed by atoms with Gasteiger partial charge in [0.1, 0.15) is 0 Å². The lowest BCUT2D eigenvalue weighted by molar-refractivity contribution is 0.0697. The van der Waals surface area contributed by atoms with Crippen LogP contribution in [0.25, 0.3) is 0 Å². The quantitative estimate of drug-likeness (QED) is 0.442. The Hall–Kier alpha value is -1.68. The van der Waals surface area contributed by atoms with Gasteiger partial charge >= 0.3 is 5.97 Å². The van der Waals surface area contributed by atoms with Gasteiger partial charge in [0.25, 0.3) is 0 Å². The SMILES string of the molecule is COCCCNS(=O)(=O)c1ccc(NCCCOC(C)C)c(C(=O)O)c1. The van der Waals surface area contributed by atoms with Crippen molar-refractivity contribution in [2.75, 3.05) is 38.7 Å². The number of hydrogen-bond donors (Lipinski definition) is 3. The number of sulfonamides is 1. The summed E-state index contributed by atoms with van der Waals surface area (Å²) < 4.78 is 37.2. The Morgan fingerprint density at radius 3 is 2.50 bits per heavy atom. The highest BCUT2D eigenvalue weighted by Gasteiger charge is 2.18. The second kappa shape index (κ2) is 11.1. The number of ether oxygens (including phenoxy) is 2. The number of aromatic carboxylic acids is 1. The molecule has 26 heavy (non-hydrogen) atoms. The second-order valence-electron chi connectivity index (χ2n) is 5.96. The van der Waals surface area contributed by atoms with Crippen LogP contribution in [0.1, 0.15) is 37.0 Å². The molecule has 1 aromatic rings. The Morgan fingerprint density at radius 2 is 1.88 bits per heavy atom. The third-order valence-electron chi connectivity index (χ3n) is 3.44. The van der Waals surface area contributed by atoms with Gasteiger partial charge in [0, 0.05) is 39.1 Å². The molecular formula is C17H28N2O6S. The summed E-state index contributed by atoms with van der Waals surface area (Å²) in [7, 11) is -2.23. The molecule has 0 amide bonds. The van der Waals surface area contributed by atoms with E-state index in [0.717, 1.165) is 6.07 Å². The van der Waals surface area contributed by atoms with E-state index in [4.69, 9.17) is 9.47 Å². The highest BCUT2D eigenvalue weighted by molar-refractivity contribution is 7.89. The minimum atomic E-state index is -3.77. The first-order valence-electron chi connectivity index (χ1n) is 8.49. The zero-order valence-electron chi connectivity index (χ0n) is 15.4. The standard InChI is InChI=1S/C17H28N2O6S/c1-13(2)25-11-4-8-18-16-7-6-14(12-15(16)17(20)21)26(22,23)19-9-5-10-24-3/h6-7,12-13,18-19H,4-5,8-11H2,1-3H3,(H,20,21). The van der Waals surface area contributed by atoms with E-state index >= 15 is 0 Å². The van der Waals surface area contributed by atoms with Crippen molar-refractivity contribution in [2.24, 2.45) is 0 Å². The molecule has 0 unspecified atom stereocenters. The summed E-state index contributed by atoms with van der Waals surface area (Å²) >= 11 is 0. The van der Waals surface area contributed by atoms with Crippen LogP contribution in [0.3, 0.4) is 0 Å². The van der Waals surface area contributed by atoms with E-state index in [0.29, 0.717) is 38.3 Å². The molecule has 0 aliphatic rings. The summed E-state index contributed by atoms with van der Waals surface area (Å²) in [6.07, 6.45) is 1.38. The van der Waals surface area contributed by atoms with Gasteiger partial charge in [0.05, 0.1) is 16.6 Å². The summed E-state index contributed by atoms with van der Waals surface area (Å²) in [6, 6.07) is 4.02. The molecule has 148 valence electrons.